The molecule has 1 aliphatic heterocycles. The average molecular weight is 654 g/mol. The molecule has 0 aliphatic carbocycles. The zero-order valence-corrected chi connectivity index (χ0v) is 24.4. The predicted molar refractivity (Wildman–Crippen MR) is 159 cm³/mol. The number of nitrogens with zero attached hydrogens (tertiary/aromatic N) is 1. The molecule has 0 saturated heterocycles. The van der Waals surface area contributed by atoms with Crippen molar-refractivity contribution in [3.05, 3.63) is 129 Å². The van der Waals surface area contributed by atoms with Crippen molar-refractivity contribution >= 4 is 44.8 Å². The van der Waals surface area contributed by atoms with E-state index in [-0.39, 0.29) is 28.2 Å². The van der Waals surface area contributed by atoms with Crippen LogP contribution in [0.3, 0.4) is 0 Å². The van der Waals surface area contributed by atoms with Crippen LogP contribution >= 0.6 is 15.9 Å². The van der Waals surface area contributed by atoms with Crippen molar-refractivity contribution in [3.63, 3.8) is 0 Å². The molecule has 0 aromatic heterocycles. The smallest absolute Gasteiger partial charge is 0.374 e. The van der Waals surface area contributed by atoms with Gasteiger partial charge in [-0.25, -0.2) is 4.39 Å². The quantitative estimate of drug-likeness (QED) is 0.206. The first-order valence-corrected chi connectivity index (χ1v) is 13.8. The van der Waals surface area contributed by atoms with E-state index in [9.17, 15) is 22.8 Å². The van der Waals surface area contributed by atoms with Gasteiger partial charge in [-0.2, -0.15) is 13.2 Å². The first kappa shape index (κ1) is 30.0. The van der Waals surface area contributed by atoms with E-state index in [0.29, 0.717) is 22.3 Å². The van der Waals surface area contributed by atoms with Gasteiger partial charge in [0.05, 0.1) is 17.0 Å². The summed E-state index contributed by atoms with van der Waals surface area (Å²) < 4.78 is 59.8. The molecule has 6 nitrogen and oxygen atoms in total. The van der Waals surface area contributed by atoms with Crippen molar-refractivity contribution in [3.8, 4) is 0 Å². The molecule has 11 heteroatoms. The van der Waals surface area contributed by atoms with Gasteiger partial charge in [-0.1, -0.05) is 57.5 Å². The Hall–Kier alpha value is -4.51. The molecular weight excluding hydrogens is 630 g/mol. The lowest BCUT2D eigenvalue weighted by Gasteiger charge is -2.30. The van der Waals surface area contributed by atoms with E-state index in [1.54, 1.807) is 54.6 Å². The van der Waals surface area contributed by atoms with Crippen LogP contribution in [-0.4, -0.2) is 23.7 Å². The molecule has 0 fully saturated rings. The number of rotatable bonds is 6. The van der Waals surface area contributed by atoms with Crippen LogP contribution < -0.4 is 10.6 Å². The summed E-state index contributed by atoms with van der Waals surface area (Å²) in [6.45, 7) is 3.07. The highest BCUT2D eigenvalue weighted by molar-refractivity contribution is 9.10. The normalized spacial score (nSPS) is 16.3. The van der Waals surface area contributed by atoms with Gasteiger partial charge in [0.1, 0.15) is 0 Å². The van der Waals surface area contributed by atoms with E-state index in [4.69, 9.17) is 4.84 Å². The minimum absolute atomic E-state index is 0.146. The van der Waals surface area contributed by atoms with Crippen LogP contribution in [0.1, 0.15) is 49.4 Å². The van der Waals surface area contributed by atoms with Crippen molar-refractivity contribution in [2.24, 2.45) is 5.16 Å². The molecule has 2 amide bonds. The number of alkyl halides is 3. The van der Waals surface area contributed by atoms with Crippen molar-refractivity contribution in [1.82, 2.24) is 0 Å². The zero-order chi connectivity index (χ0) is 30.9. The SMILES string of the molecule is Cc1cc(C2(C(F)(F)F)CC(c3ccc(Br)cc3)=NO2)cc(C)c1NC(=O)c1cccc(NC(=O)c2ccccc2)c1F. The van der Waals surface area contributed by atoms with Gasteiger partial charge in [0.2, 0.25) is 0 Å². The van der Waals surface area contributed by atoms with Crippen LogP contribution in [-0.2, 0) is 10.4 Å². The average Bonchev–Trinajstić information content (AvgIpc) is 3.44. The van der Waals surface area contributed by atoms with Crippen molar-refractivity contribution in [2.45, 2.75) is 32.0 Å². The van der Waals surface area contributed by atoms with Crippen LogP contribution in [0.4, 0.5) is 28.9 Å². The molecule has 0 spiro atoms. The summed E-state index contributed by atoms with van der Waals surface area (Å²) in [7, 11) is 0. The summed E-state index contributed by atoms with van der Waals surface area (Å²) in [5, 5.41) is 8.87. The number of carbonyl (C=O) groups is 2. The highest BCUT2D eigenvalue weighted by atomic mass is 79.9. The van der Waals surface area contributed by atoms with E-state index in [0.717, 1.165) is 4.47 Å². The van der Waals surface area contributed by atoms with E-state index in [1.165, 1.54) is 44.2 Å². The fourth-order valence-corrected chi connectivity index (χ4v) is 5.13. The number of aryl methyl sites for hydroxylation is 2. The molecule has 0 saturated carbocycles. The number of halogens is 5. The van der Waals surface area contributed by atoms with Gasteiger partial charge in [0.15, 0.2) is 5.82 Å². The Kier molecular flexibility index (Phi) is 8.11. The fourth-order valence-electron chi connectivity index (χ4n) is 4.86. The number of benzene rings is 4. The molecule has 5 rings (SSSR count). The molecule has 4 aromatic carbocycles. The fraction of sp³-hybridized carbons (Fsp3) is 0.156. The number of anilines is 2. The number of hydrogen-bond donors (Lipinski definition) is 2. The highest BCUT2D eigenvalue weighted by Crippen LogP contribution is 2.49. The second-order valence-corrected chi connectivity index (χ2v) is 11.0. The van der Waals surface area contributed by atoms with Gasteiger partial charge in [0.25, 0.3) is 17.4 Å². The molecule has 1 atom stereocenters. The van der Waals surface area contributed by atoms with Gasteiger partial charge in [-0.15, -0.1) is 0 Å². The summed E-state index contributed by atoms with van der Waals surface area (Å²) >= 11 is 3.31. The van der Waals surface area contributed by atoms with E-state index in [1.807, 2.05) is 0 Å². The third-order valence-electron chi connectivity index (χ3n) is 7.13. The minimum atomic E-state index is -4.81. The van der Waals surface area contributed by atoms with Crippen LogP contribution in [0.2, 0.25) is 0 Å². The molecule has 0 bridgehead atoms. The van der Waals surface area contributed by atoms with Gasteiger partial charge >= 0.3 is 6.18 Å². The van der Waals surface area contributed by atoms with Crippen molar-refractivity contribution in [1.29, 1.82) is 0 Å². The Bertz CT molecular complexity index is 1720. The molecule has 1 heterocycles. The van der Waals surface area contributed by atoms with Crippen LogP contribution in [0, 0.1) is 19.7 Å². The number of hydrogen-bond acceptors (Lipinski definition) is 4. The molecule has 2 N–H and O–H groups in total. The summed E-state index contributed by atoms with van der Waals surface area (Å²) in [5.41, 5.74) is -1.68. The first-order valence-electron chi connectivity index (χ1n) is 13.1. The van der Waals surface area contributed by atoms with E-state index in [2.05, 4.69) is 31.7 Å². The maximum absolute atomic E-state index is 15.3. The Morgan fingerprint density at radius 1 is 0.884 bits per heavy atom. The summed E-state index contributed by atoms with van der Waals surface area (Å²) in [4.78, 5) is 30.8. The van der Waals surface area contributed by atoms with Crippen molar-refractivity contribution < 1.29 is 32.0 Å². The first-order chi connectivity index (χ1) is 20.4. The van der Waals surface area contributed by atoms with Gasteiger partial charge in [-0.05, 0) is 79.1 Å². The molecule has 220 valence electrons. The highest BCUT2D eigenvalue weighted by Gasteiger charge is 2.62. The van der Waals surface area contributed by atoms with Gasteiger partial charge in [0, 0.05) is 27.7 Å². The summed E-state index contributed by atoms with van der Waals surface area (Å²) in [6.07, 6.45) is -5.36. The van der Waals surface area contributed by atoms with Crippen LogP contribution in [0.25, 0.3) is 0 Å². The third kappa shape index (κ3) is 5.90. The lowest BCUT2D eigenvalue weighted by molar-refractivity contribution is -0.275. The van der Waals surface area contributed by atoms with Crippen LogP contribution in [0.5, 0.6) is 0 Å². The maximum atomic E-state index is 15.3. The number of amides is 2. The number of oxime groups is 1. The van der Waals surface area contributed by atoms with E-state index < -0.39 is 35.8 Å². The van der Waals surface area contributed by atoms with E-state index >= 15 is 4.39 Å². The second-order valence-electron chi connectivity index (χ2n) is 10.1. The standard InChI is InChI=1S/C32H24BrF4N3O3/c1-18-15-22(31(32(35,36)37)17-26(40-43-31)20-11-13-23(33)14-12-20)16-19(2)28(18)39-30(42)24-9-6-10-25(27(24)34)38-29(41)21-7-4-3-5-8-21/h3-16H,17H2,1-2H3,(H,38,41)(H,39,42). The Balaban J connectivity index is 1.40. The Labute approximate surface area is 252 Å². The molecule has 1 aliphatic rings. The third-order valence-corrected chi connectivity index (χ3v) is 7.66. The lowest BCUT2D eigenvalue weighted by Crippen LogP contribution is -2.42. The van der Waals surface area contributed by atoms with Crippen LogP contribution in [0.15, 0.2) is 94.6 Å². The number of nitrogens with one attached hydrogen (secondary N) is 2. The predicted octanol–water partition coefficient (Wildman–Crippen LogP) is 8.29. The number of carbonyl (C=O) groups excluding carboxylic acids is 2. The Morgan fingerprint density at radius 3 is 2.16 bits per heavy atom. The van der Waals surface area contributed by atoms with Gasteiger partial charge < -0.3 is 15.5 Å². The monoisotopic (exact) mass is 653 g/mol. The second kappa shape index (κ2) is 11.6. The zero-order valence-electron chi connectivity index (χ0n) is 22.9. The molecule has 1 unspecified atom stereocenters. The van der Waals surface area contributed by atoms with Gasteiger partial charge in [-0.3, -0.25) is 9.59 Å². The molecular formula is C32H24BrF4N3O3. The molecule has 4 aromatic rings. The largest absolute Gasteiger partial charge is 0.435 e. The van der Waals surface area contributed by atoms with Crippen molar-refractivity contribution in [2.75, 3.05) is 10.6 Å². The maximum Gasteiger partial charge on any atom is 0.435 e. The summed E-state index contributed by atoms with van der Waals surface area (Å²) in [6, 6.07) is 21.4. The molecule has 43 heavy (non-hydrogen) atoms. The Morgan fingerprint density at radius 2 is 1.53 bits per heavy atom. The summed E-state index contributed by atoms with van der Waals surface area (Å²) in [5.74, 6) is -2.35. The molecule has 0 radical (unpaired) electrons. The minimum Gasteiger partial charge on any atom is -0.374 e. The topological polar surface area (TPSA) is 79.8 Å². The lowest BCUT2D eigenvalue weighted by atomic mass is 9.84.